The molecule has 4 heteroatoms. The Bertz CT molecular complexity index is 1030. The number of aromatic nitrogens is 2. The van der Waals surface area contributed by atoms with Gasteiger partial charge in [-0.3, -0.25) is 0 Å². The molecular weight excluding hydrogens is 572 g/mol. The van der Waals surface area contributed by atoms with Crippen LogP contribution in [-0.2, 0) is 38.8 Å². The molecule has 0 bridgehead atoms. The fourth-order valence-corrected chi connectivity index (χ4v) is 4.23. The molecule has 0 atom stereocenters. The number of rotatable bonds is 12. The van der Waals surface area contributed by atoms with E-state index in [0.29, 0.717) is 0 Å². The van der Waals surface area contributed by atoms with Crippen molar-refractivity contribution in [2.45, 2.75) is 51.6 Å². The first-order valence-electron chi connectivity index (χ1n) is 12.5. The van der Waals surface area contributed by atoms with E-state index in [2.05, 4.69) is 131 Å². The minimum atomic E-state index is 0. The van der Waals surface area contributed by atoms with E-state index in [1.54, 1.807) is 0 Å². The molecule has 0 amide bonds. The van der Waals surface area contributed by atoms with Crippen molar-refractivity contribution in [3.05, 3.63) is 144 Å². The molecule has 2 aromatic heterocycles. The van der Waals surface area contributed by atoms with Gasteiger partial charge < -0.3 is 34.0 Å². The molecule has 0 fully saturated rings. The van der Waals surface area contributed by atoms with Crippen LogP contribution in [0.4, 0.5) is 0 Å². The molecule has 0 saturated carbocycles. The van der Waals surface area contributed by atoms with Gasteiger partial charge in [0.15, 0.2) is 37.9 Å². The number of allylic oxidation sites excluding steroid dienone is 2. The van der Waals surface area contributed by atoms with Gasteiger partial charge in [0.2, 0.25) is 0 Å². The van der Waals surface area contributed by atoms with E-state index in [1.807, 2.05) is 0 Å². The van der Waals surface area contributed by atoms with Crippen LogP contribution in [0.25, 0.3) is 0 Å². The van der Waals surface area contributed by atoms with Crippen LogP contribution in [0.15, 0.2) is 122 Å². The van der Waals surface area contributed by atoms with Gasteiger partial charge in [-0.2, -0.15) is 0 Å². The molecule has 36 heavy (non-hydrogen) atoms. The summed E-state index contributed by atoms with van der Waals surface area (Å²) in [6.07, 6.45) is 20.2. The smallest absolute Gasteiger partial charge is 0.169 e. The molecule has 0 unspecified atom stereocenters. The van der Waals surface area contributed by atoms with Crippen LogP contribution in [0.2, 0.25) is 0 Å². The number of hydrogen-bond acceptors (Lipinski definition) is 0. The van der Waals surface area contributed by atoms with Crippen molar-refractivity contribution < 1.29 is 43.1 Å². The second kappa shape index (κ2) is 17.0. The van der Waals surface area contributed by atoms with Crippen molar-refractivity contribution in [3.8, 4) is 0 Å². The molecule has 188 valence electrons. The Balaban J connectivity index is 0.00000228. The molecule has 0 spiro atoms. The average molecular weight is 608 g/mol. The monoisotopic (exact) mass is 606 g/mol. The lowest BCUT2D eigenvalue weighted by Crippen LogP contribution is -3.00. The number of nitrogens with zero attached hydrogens (tertiary/aromatic N) is 2. The summed E-state index contributed by atoms with van der Waals surface area (Å²) in [5.74, 6) is 0. The van der Waals surface area contributed by atoms with Crippen LogP contribution >= 0.6 is 0 Å². The standard InChI is InChI=1S/C32H36N2.2BrH/c1-3-11-29(12-4-1)15-9-17-31-19-25-33(26-20-31)23-7-8-24-34-27-21-32(22-28-34)18-10-16-30-13-5-2-6-14-30;;/h1-8,11-14,19-22,25-28H,9-10,15-18,23-24H2;2*1H/q+2;;/p-2/b8-7+;;. The predicted molar refractivity (Wildman–Crippen MR) is 139 cm³/mol. The first kappa shape index (κ1) is 29.7. The van der Waals surface area contributed by atoms with Gasteiger partial charge in [0.25, 0.3) is 0 Å². The first-order chi connectivity index (χ1) is 16.8. The average Bonchev–Trinajstić information content (AvgIpc) is 2.90. The molecule has 0 aliphatic heterocycles. The summed E-state index contributed by atoms with van der Waals surface area (Å²) in [7, 11) is 0. The summed E-state index contributed by atoms with van der Waals surface area (Å²) in [5, 5.41) is 0. The first-order valence-corrected chi connectivity index (χ1v) is 12.5. The van der Waals surface area contributed by atoms with Gasteiger partial charge in [0, 0.05) is 24.3 Å². The summed E-state index contributed by atoms with van der Waals surface area (Å²) < 4.78 is 4.47. The van der Waals surface area contributed by atoms with Gasteiger partial charge in [0.05, 0.1) is 0 Å². The van der Waals surface area contributed by atoms with Gasteiger partial charge >= 0.3 is 0 Å². The number of halogens is 2. The molecule has 2 aromatic carbocycles. The molecular formula is C32H36Br2N2. The Morgan fingerprint density at radius 1 is 0.417 bits per heavy atom. The lowest BCUT2D eigenvalue weighted by molar-refractivity contribution is -0.691. The second-order valence-electron chi connectivity index (χ2n) is 8.96. The van der Waals surface area contributed by atoms with Gasteiger partial charge in [-0.25, -0.2) is 9.13 Å². The highest BCUT2D eigenvalue weighted by Crippen LogP contribution is 2.08. The quantitative estimate of drug-likeness (QED) is 0.157. The fraction of sp³-hybridized carbons (Fsp3) is 0.250. The molecule has 0 saturated heterocycles. The lowest BCUT2D eigenvalue weighted by Gasteiger charge is -2.02. The number of benzene rings is 2. The minimum absolute atomic E-state index is 0. The lowest BCUT2D eigenvalue weighted by atomic mass is 10.1. The van der Waals surface area contributed by atoms with Crippen molar-refractivity contribution in [2.75, 3.05) is 0 Å². The van der Waals surface area contributed by atoms with Crippen molar-refractivity contribution in [1.82, 2.24) is 0 Å². The van der Waals surface area contributed by atoms with E-state index in [9.17, 15) is 0 Å². The molecule has 0 radical (unpaired) electrons. The number of hydrogen-bond donors (Lipinski definition) is 0. The van der Waals surface area contributed by atoms with Crippen molar-refractivity contribution in [1.29, 1.82) is 0 Å². The minimum Gasteiger partial charge on any atom is -1.00 e. The van der Waals surface area contributed by atoms with E-state index in [-0.39, 0.29) is 34.0 Å². The van der Waals surface area contributed by atoms with Crippen LogP contribution in [0.1, 0.15) is 35.1 Å². The van der Waals surface area contributed by atoms with Gasteiger partial charge in [-0.05, 0) is 72.9 Å². The largest absolute Gasteiger partial charge is 1.00 e. The topological polar surface area (TPSA) is 7.76 Å². The molecule has 0 aliphatic carbocycles. The molecule has 0 N–H and O–H groups in total. The van der Waals surface area contributed by atoms with Crippen molar-refractivity contribution in [2.24, 2.45) is 0 Å². The van der Waals surface area contributed by atoms with Crippen LogP contribution in [0.5, 0.6) is 0 Å². The molecule has 2 nitrogen and oxygen atoms in total. The maximum absolute atomic E-state index is 2.25. The van der Waals surface area contributed by atoms with E-state index < -0.39 is 0 Å². The summed E-state index contributed by atoms with van der Waals surface area (Å²) in [6, 6.07) is 30.5. The summed E-state index contributed by atoms with van der Waals surface area (Å²) in [5.41, 5.74) is 5.68. The Morgan fingerprint density at radius 3 is 1.06 bits per heavy atom. The van der Waals surface area contributed by atoms with E-state index in [0.717, 1.165) is 38.8 Å². The predicted octanol–water partition coefficient (Wildman–Crippen LogP) is -0.123. The Morgan fingerprint density at radius 2 is 0.722 bits per heavy atom. The molecule has 0 aliphatic rings. The fourth-order valence-electron chi connectivity index (χ4n) is 4.23. The Kier molecular flexibility index (Phi) is 14.0. The maximum atomic E-state index is 2.25. The zero-order valence-corrected chi connectivity index (χ0v) is 24.0. The van der Waals surface area contributed by atoms with Crippen molar-refractivity contribution >= 4 is 0 Å². The Labute approximate surface area is 237 Å². The summed E-state index contributed by atoms with van der Waals surface area (Å²) >= 11 is 0. The highest BCUT2D eigenvalue weighted by Gasteiger charge is 2.02. The highest BCUT2D eigenvalue weighted by atomic mass is 79.9. The third-order valence-electron chi connectivity index (χ3n) is 6.27. The van der Waals surface area contributed by atoms with Crippen molar-refractivity contribution in [3.63, 3.8) is 0 Å². The van der Waals surface area contributed by atoms with Crippen LogP contribution in [0.3, 0.4) is 0 Å². The normalized spacial score (nSPS) is 10.6. The second-order valence-corrected chi connectivity index (χ2v) is 8.96. The molecule has 4 aromatic rings. The highest BCUT2D eigenvalue weighted by molar-refractivity contribution is 5.16. The van der Waals surface area contributed by atoms with Gasteiger partial charge in [0.1, 0.15) is 0 Å². The molecule has 4 rings (SSSR count). The van der Waals surface area contributed by atoms with Crippen LogP contribution < -0.4 is 43.1 Å². The SMILES string of the molecule is C(=C\C[n+]1ccc(CCCc2ccccc2)cc1)/C[n+]1ccc(CCCc2ccccc2)cc1.[Br-].[Br-]. The Hall–Kier alpha value is -2.56. The van der Waals surface area contributed by atoms with Crippen LogP contribution in [0, 0.1) is 0 Å². The summed E-state index contributed by atoms with van der Waals surface area (Å²) in [6.45, 7) is 1.81. The number of aryl methyl sites for hydroxylation is 4. The zero-order valence-electron chi connectivity index (χ0n) is 20.9. The van der Waals surface area contributed by atoms with E-state index in [1.165, 1.54) is 35.1 Å². The van der Waals surface area contributed by atoms with Gasteiger partial charge in [-0.1, -0.05) is 60.7 Å². The van der Waals surface area contributed by atoms with E-state index >= 15 is 0 Å². The third kappa shape index (κ3) is 10.6. The zero-order chi connectivity index (χ0) is 23.3. The third-order valence-corrected chi connectivity index (χ3v) is 6.27. The number of pyridine rings is 2. The van der Waals surface area contributed by atoms with Gasteiger partial charge in [-0.15, -0.1) is 0 Å². The molecule has 2 heterocycles. The maximum Gasteiger partial charge on any atom is 0.169 e. The van der Waals surface area contributed by atoms with Crippen LogP contribution in [-0.4, -0.2) is 0 Å². The summed E-state index contributed by atoms with van der Waals surface area (Å²) in [4.78, 5) is 0. The van der Waals surface area contributed by atoms with E-state index in [4.69, 9.17) is 0 Å².